The maximum Gasteiger partial charge on any atom is 0.227 e. The van der Waals surface area contributed by atoms with Gasteiger partial charge in [-0.1, -0.05) is 6.92 Å². The number of hydrogen-bond acceptors (Lipinski definition) is 3. The van der Waals surface area contributed by atoms with E-state index in [1.54, 1.807) is 11.3 Å². The van der Waals surface area contributed by atoms with E-state index in [0.29, 0.717) is 6.54 Å². The van der Waals surface area contributed by atoms with Crippen LogP contribution in [-0.4, -0.2) is 31.4 Å². The summed E-state index contributed by atoms with van der Waals surface area (Å²) in [7, 11) is 3.75. The van der Waals surface area contributed by atoms with Gasteiger partial charge in [0.05, 0.1) is 16.2 Å². The van der Waals surface area contributed by atoms with E-state index in [2.05, 4.69) is 34.2 Å². The summed E-state index contributed by atoms with van der Waals surface area (Å²) in [6.45, 7) is 3.48. The Morgan fingerprint density at radius 3 is 2.76 bits per heavy atom. The van der Waals surface area contributed by atoms with Gasteiger partial charge in [0.25, 0.3) is 0 Å². The smallest absolute Gasteiger partial charge is 0.227 e. The predicted molar refractivity (Wildman–Crippen MR) is 76.2 cm³/mol. The molecule has 0 aliphatic carbocycles. The van der Waals surface area contributed by atoms with Crippen molar-refractivity contribution in [2.75, 3.05) is 20.6 Å². The summed E-state index contributed by atoms with van der Waals surface area (Å²) < 4.78 is 1.11. The van der Waals surface area contributed by atoms with Crippen LogP contribution in [-0.2, 0) is 11.3 Å². The highest BCUT2D eigenvalue weighted by atomic mass is 79.9. The Hall–Kier alpha value is -0.390. The molecule has 1 heterocycles. The summed E-state index contributed by atoms with van der Waals surface area (Å²) in [5, 5.41) is 3.07. The van der Waals surface area contributed by atoms with Crippen molar-refractivity contribution in [3.8, 4) is 0 Å². The van der Waals surface area contributed by atoms with E-state index in [1.165, 1.54) is 4.88 Å². The number of amides is 1. The summed E-state index contributed by atoms with van der Waals surface area (Å²) in [6.07, 6.45) is 0.873. The first-order valence-corrected chi connectivity index (χ1v) is 7.33. The minimum absolute atomic E-state index is 0.0772. The van der Waals surface area contributed by atoms with Gasteiger partial charge in [-0.25, -0.2) is 0 Å². The quantitative estimate of drug-likeness (QED) is 0.874. The minimum atomic E-state index is 0.0772. The van der Waals surface area contributed by atoms with Crippen molar-refractivity contribution in [2.45, 2.75) is 19.9 Å². The molecule has 0 aliphatic heterocycles. The number of hydrogen-bond donors (Lipinski definition) is 1. The Balaban J connectivity index is 2.56. The fourth-order valence-corrected chi connectivity index (χ4v) is 3.25. The molecule has 96 valence electrons. The van der Waals surface area contributed by atoms with Crippen molar-refractivity contribution in [1.29, 1.82) is 0 Å². The average molecular weight is 319 g/mol. The molecule has 1 rings (SSSR count). The van der Waals surface area contributed by atoms with Crippen LogP contribution >= 0.6 is 27.3 Å². The molecule has 1 amide bonds. The number of nitrogens with zero attached hydrogens (tertiary/aromatic N) is 1. The van der Waals surface area contributed by atoms with Crippen LogP contribution in [0, 0.1) is 5.92 Å². The Bertz CT molecular complexity index is 367. The first-order chi connectivity index (χ1) is 8.08. The van der Waals surface area contributed by atoms with E-state index in [1.807, 2.05) is 25.1 Å². The molecule has 0 aliphatic rings. The van der Waals surface area contributed by atoms with Crippen molar-refractivity contribution in [1.82, 2.24) is 10.2 Å². The molecule has 17 heavy (non-hydrogen) atoms. The molecule has 1 unspecified atom stereocenters. The summed E-state index contributed by atoms with van der Waals surface area (Å²) in [6, 6.07) is 4.07. The molecule has 0 saturated heterocycles. The van der Waals surface area contributed by atoms with Crippen LogP contribution in [0.15, 0.2) is 15.9 Å². The standard InChI is InChI=1S/C12H19BrN2OS/c1-4-9(7-14-2)12(16)15(3)8-10-5-6-11(13)17-10/h5-6,9,14H,4,7-8H2,1-3H3. The van der Waals surface area contributed by atoms with Crippen molar-refractivity contribution in [3.63, 3.8) is 0 Å². The van der Waals surface area contributed by atoms with Gasteiger partial charge in [0.2, 0.25) is 5.91 Å². The lowest BCUT2D eigenvalue weighted by molar-refractivity contribution is -0.134. The highest BCUT2D eigenvalue weighted by molar-refractivity contribution is 9.11. The largest absolute Gasteiger partial charge is 0.340 e. The summed E-state index contributed by atoms with van der Waals surface area (Å²) in [5.74, 6) is 0.291. The van der Waals surface area contributed by atoms with Crippen molar-refractivity contribution >= 4 is 33.2 Å². The summed E-state index contributed by atoms with van der Waals surface area (Å²) >= 11 is 5.10. The zero-order valence-corrected chi connectivity index (χ0v) is 12.9. The maximum atomic E-state index is 12.2. The van der Waals surface area contributed by atoms with Gasteiger partial charge >= 0.3 is 0 Å². The normalized spacial score (nSPS) is 12.5. The maximum absolute atomic E-state index is 12.2. The topological polar surface area (TPSA) is 32.3 Å². The lowest BCUT2D eigenvalue weighted by Crippen LogP contribution is -2.36. The van der Waals surface area contributed by atoms with Gasteiger partial charge in [0, 0.05) is 18.5 Å². The number of rotatable bonds is 6. The Morgan fingerprint density at radius 2 is 2.29 bits per heavy atom. The van der Waals surface area contributed by atoms with Gasteiger partial charge in [-0.15, -0.1) is 11.3 Å². The number of halogens is 1. The first kappa shape index (κ1) is 14.7. The molecule has 0 saturated carbocycles. The molecule has 0 fully saturated rings. The third-order valence-electron chi connectivity index (χ3n) is 2.69. The summed E-state index contributed by atoms with van der Waals surface area (Å²) in [5.41, 5.74) is 0. The van der Waals surface area contributed by atoms with Crippen LogP contribution < -0.4 is 5.32 Å². The molecular weight excluding hydrogens is 300 g/mol. The number of thiophene rings is 1. The fraction of sp³-hybridized carbons (Fsp3) is 0.583. The van der Waals surface area contributed by atoms with E-state index in [-0.39, 0.29) is 11.8 Å². The van der Waals surface area contributed by atoms with Gasteiger partial charge in [-0.05, 0) is 41.5 Å². The average Bonchev–Trinajstić information content (AvgIpc) is 2.70. The third-order valence-corrected chi connectivity index (χ3v) is 4.30. The lowest BCUT2D eigenvalue weighted by Gasteiger charge is -2.22. The van der Waals surface area contributed by atoms with Crippen LogP contribution in [0.1, 0.15) is 18.2 Å². The van der Waals surface area contributed by atoms with Gasteiger partial charge in [-0.2, -0.15) is 0 Å². The van der Waals surface area contributed by atoms with Crippen LogP contribution in [0.5, 0.6) is 0 Å². The van der Waals surface area contributed by atoms with Gasteiger partial charge in [0.1, 0.15) is 0 Å². The highest BCUT2D eigenvalue weighted by Gasteiger charge is 2.19. The summed E-state index contributed by atoms with van der Waals surface area (Å²) in [4.78, 5) is 15.2. The number of nitrogens with one attached hydrogen (secondary N) is 1. The third kappa shape index (κ3) is 4.41. The molecule has 5 heteroatoms. The molecule has 3 nitrogen and oxygen atoms in total. The van der Waals surface area contributed by atoms with Crippen molar-refractivity contribution < 1.29 is 4.79 Å². The minimum Gasteiger partial charge on any atom is -0.340 e. The molecule has 1 aromatic heterocycles. The second-order valence-electron chi connectivity index (χ2n) is 4.06. The molecule has 0 spiro atoms. The zero-order valence-electron chi connectivity index (χ0n) is 10.5. The predicted octanol–water partition coefficient (Wildman–Crippen LogP) is 2.71. The van der Waals surface area contributed by atoms with Gasteiger partial charge in [-0.3, -0.25) is 4.79 Å². The molecule has 1 N–H and O–H groups in total. The molecular formula is C12H19BrN2OS. The van der Waals surface area contributed by atoms with Crippen LogP contribution in [0.4, 0.5) is 0 Å². The van der Waals surface area contributed by atoms with Gasteiger partial charge in [0.15, 0.2) is 0 Å². The van der Waals surface area contributed by atoms with E-state index in [4.69, 9.17) is 0 Å². The molecule has 1 atom stereocenters. The van der Waals surface area contributed by atoms with Gasteiger partial charge < -0.3 is 10.2 Å². The van der Waals surface area contributed by atoms with E-state index in [0.717, 1.165) is 16.8 Å². The molecule has 0 radical (unpaired) electrons. The Kier molecular flexibility index (Phi) is 6.16. The SMILES string of the molecule is CCC(CNC)C(=O)N(C)Cc1ccc(Br)s1. The number of carbonyl (C=O) groups excluding carboxylic acids is 1. The van der Waals surface area contributed by atoms with Crippen molar-refractivity contribution in [2.24, 2.45) is 5.92 Å². The fourth-order valence-electron chi connectivity index (χ4n) is 1.71. The number of carbonyl (C=O) groups is 1. The van der Waals surface area contributed by atoms with E-state index < -0.39 is 0 Å². The van der Waals surface area contributed by atoms with Crippen LogP contribution in [0.3, 0.4) is 0 Å². The highest BCUT2D eigenvalue weighted by Crippen LogP contribution is 2.23. The van der Waals surface area contributed by atoms with Crippen LogP contribution in [0.25, 0.3) is 0 Å². The van der Waals surface area contributed by atoms with E-state index in [9.17, 15) is 4.79 Å². The second-order valence-corrected chi connectivity index (χ2v) is 6.61. The van der Waals surface area contributed by atoms with Crippen molar-refractivity contribution in [3.05, 3.63) is 20.8 Å². The molecule has 1 aromatic rings. The monoisotopic (exact) mass is 318 g/mol. The Labute approximate surface area is 115 Å². The van der Waals surface area contributed by atoms with Crippen LogP contribution in [0.2, 0.25) is 0 Å². The molecule has 0 aromatic carbocycles. The lowest BCUT2D eigenvalue weighted by atomic mass is 10.1. The molecule has 0 bridgehead atoms. The van der Waals surface area contributed by atoms with E-state index >= 15 is 0 Å². The second kappa shape index (κ2) is 7.13. The Morgan fingerprint density at radius 1 is 1.59 bits per heavy atom. The first-order valence-electron chi connectivity index (χ1n) is 5.72. The zero-order chi connectivity index (χ0) is 12.8.